The van der Waals surface area contributed by atoms with Crippen LogP contribution in [-0.4, -0.2) is 11.7 Å². The van der Waals surface area contributed by atoms with Crippen molar-refractivity contribution in [2.75, 3.05) is 6.79 Å². The van der Waals surface area contributed by atoms with Crippen molar-refractivity contribution in [3.63, 3.8) is 0 Å². The standard InChI is InChI=1S/C13H8BrNO5/c14-8-1-3-11(10(5-8)15(16)17)20-9-2-4-12-13(6-9)19-7-18-12/h1-6H,7H2. The Labute approximate surface area is 122 Å². The summed E-state index contributed by atoms with van der Waals surface area (Å²) in [4.78, 5) is 10.5. The lowest BCUT2D eigenvalue weighted by molar-refractivity contribution is -0.385. The van der Waals surface area contributed by atoms with Gasteiger partial charge in [0.25, 0.3) is 0 Å². The Balaban J connectivity index is 1.93. The lowest BCUT2D eigenvalue weighted by atomic mass is 10.3. The number of rotatable bonds is 3. The van der Waals surface area contributed by atoms with Crippen LogP contribution in [0.4, 0.5) is 5.69 Å². The normalized spacial score (nSPS) is 12.2. The van der Waals surface area contributed by atoms with Crippen LogP contribution in [0.25, 0.3) is 0 Å². The summed E-state index contributed by atoms with van der Waals surface area (Å²) in [6.45, 7) is 0.164. The topological polar surface area (TPSA) is 70.8 Å². The summed E-state index contributed by atoms with van der Waals surface area (Å²) in [6, 6.07) is 9.60. The van der Waals surface area contributed by atoms with Crippen LogP contribution in [0.2, 0.25) is 0 Å². The minimum absolute atomic E-state index is 0.114. The summed E-state index contributed by atoms with van der Waals surface area (Å²) in [5.74, 6) is 1.79. The average Bonchev–Trinajstić information content (AvgIpc) is 2.88. The molecule has 0 spiro atoms. The fourth-order valence-electron chi connectivity index (χ4n) is 1.79. The van der Waals surface area contributed by atoms with Gasteiger partial charge in [-0.15, -0.1) is 0 Å². The molecule has 1 aliphatic rings. The van der Waals surface area contributed by atoms with Gasteiger partial charge in [-0.3, -0.25) is 10.1 Å². The Bertz CT molecular complexity index is 688. The number of ether oxygens (including phenoxy) is 3. The Morgan fingerprint density at radius 2 is 1.95 bits per heavy atom. The molecule has 102 valence electrons. The van der Waals surface area contributed by atoms with E-state index in [1.807, 2.05) is 0 Å². The first-order valence-corrected chi connectivity index (χ1v) is 6.44. The van der Waals surface area contributed by atoms with Crippen LogP contribution >= 0.6 is 15.9 Å². The van der Waals surface area contributed by atoms with E-state index < -0.39 is 4.92 Å². The third kappa shape index (κ3) is 2.39. The van der Waals surface area contributed by atoms with Gasteiger partial charge in [0.2, 0.25) is 12.5 Å². The van der Waals surface area contributed by atoms with Gasteiger partial charge in [-0.1, -0.05) is 15.9 Å². The van der Waals surface area contributed by atoms with E-state index in [0.717, 1.165) is 0 Å². The number of hydrogen-bond donors (Lipinski definition) is 0. The average molecular weight is 338 g/mol. The lowest BCUT2D eigenvalue weighted by Gasteiger charge is -2.07. The molecule has 7 heteroatoms. The Kier molecular flexibility index (Phi) is 3.19. The molecular formula is C13H8BrNO5. The molecule has 1 aliphatic heterocycles. The summed E-state index contributed by atoms with van der Waals surface area (Å²) in [7, 11) is 0. The van der Waals surface area contributed by atoms with Crippen LogP contribution in [0.5, 0.6) is 23.0 Å². The number of benzene rings is 2. The maximum absolute atomic E-state index is 11.0. The Hall–Kier alpha value is -2.28. The summed E-state index contributed by atoms with van der Waals surface area (Å²) < 4.78 is 16.6. The van der Waals surface area contributed by atoms with Crippen LogP contribution < -0.4 is 14.2 Å². The van der Waals surface area contributed by atoms with Crippen molar-refractivity contribution in [3.8, 4) is 23.0 Å². The van der Waals surface area contributed by atoms with E-state index in [4.69, 9.17) is 14.2 Å². The Morgan fingerprint density at radius 1 is 1.15 bits per heavy atom. The van der Waals surface area contributed by atoms with E-state index in [-0.39, 0.29) is 18.2 Å². The van der Waals surface area contributed by atoms with E-state index in [1.165, 1.54) is 12.1 Å². The third-order valence-corrected chi connectivity index (χ3v) is 3.18. The van der Waals surface area contributed by atoms with Gasteiger partial charge < -0.3 is 14.2 Å². The monoisotopic (exact) mass is 337 g/mol. The molecule has 0 radical (unpaired) electrons. The maximum Gasteiger partial charge on any atom is 0.312 e. The molecule has 0 N–H and O–H groups in total. The molecule has 0 aromatic heterocycles. The zero-order valence-electron chi connectivity index (χ0n) is 10.0. The highest BCUT2D eigenvalue weighted by molar-refractivity contribution is 9.10. The second kappa shape index (κ2) is 5.01. The van der Waals surface area contributed by atoms with Crippen molar-refractivity contribution in [2.45, 2.75) is 0 Å². The highest BCUT2D eigenvalue weighted by Crippen LogP contribution is 2.39. The summed E-state index contributed by atoms with van der Waals surface area (Å²) in [5.41, 5.74) is -0.114. The van der Waals surface area contributed by atoms with E-state index >= 15 is 0 Å². The van der Waals surface area contributed by atoms with Crippen molar-refractivity contribution in [1.29, 1.82) is 0 Å². The second-order valence-corrected chi connectivity index (χ2v) is 4.90. The molecule has 2 aromatic rings. The van der Waals surface area contributed by atoms with Crippen LogP contribution in [0.15, 0.2) is 40.9 Å². The van der Waals surface area contributed by atoms with Gasteiger partial charge in [-0.05, 0) is 24.3 Å². The van der Waals surface area contributed by atoms with Crippen molar-refractivity contribution in [1.82, 2.24) is 0 Å². The van der Waals surface area contributed by atoms with Crippen LogP contribution in [0.3, 0.4) is 0 Å². The molecule has 0 saturated heterocycles. The zero-order chi connectivity index (χ0) is 14.1. The van der Waals surface area contributed by atoms with Gasteiger partial charge in [-0.25, -0.2) is 0 Å². The highest BCUT2D eigenvalue weighted by atomic mass is 79.9. The molecule has 6 nitrogen and oxygen atoms in total. The first-order valence-electron chi connectivity index (χ1n) is 5.65. The number of halogens is 1. The number of nitro groups is 1. The van der Waals surface area contributed by atoms with Crippen LogP contribution in [0.1, 0.15) is 0 Å². The van der Waals surface area contributed by atoms with Crippen LogP contribution in [-0.2, 0) is 0 Å². The second-order valence-electron chi connectivity index (χ2n) is 3.99. The predicted molar refractivity (Wildman–Crippen MR) is 73.4 cm³/mol. The quantitative estimate of drug-likeness (QED) is 0.627. The molecule has 0 unspecified atom stereocenters. The van der Waals surface area contributed by atoms with E-state index in [0.29, 0.717) is 21.7 Å². The minimum Gasteiger partial charge on any atom is -0.454 e. The zero-order valence-corrected chi connectivity index (χ0v) is 11.6. The first-order chi connectivity index (χ1) is 9.63. The van der Waals surface area contributed by atoms with Crippen molar-refractivity contribution in [2.24, 2.45) is 0 Å². The fourth-order valence-corrected chi connectivity index (χ4v) is 2.14. The minimum atomic E-state index is -0.493. The third-order valence-electron chi connectivity index (χ3n) is 2.69. The number of nitro benzene ring substituents is 1. The van der Waals surface area contributed by atoms with Gasteiger partial charge in [0, 0.05) is 16.6 Å². The van der Waals surface area contributed by atoms with Gasteiger partial charge in [0.05, 0.1) is 4.92 Å². The van der Waals surface area contributed by atoms with Gasteiger partial charge in [0.1, 0.15) is 5.75 Å². The van der Waals surface area contributed by atoms with E-state index in [9.17, 15) is 10.1 Å². The smallest absolute Gasteiger partial charge is 0.312 e. The van der Waals surface area contributed by atoms with Gasteiger partial charge >= 0.3 is 5.69 Å². The van der Waals surface area contributed by atoms with Crippen molar-refractivity contribution >= 4 is 21.6 Å². The number of fused-ring (bicyclic) bond motifs is 1. The van der Waals surface area contributed by atoms with Crippen LogP contribution in [0, 0.1) is 10.1 Å². The Morgan fingerprint density at radius 3 is 2.75 bits per heavy atom. The highest BCUT2D eigenvalue weighted by Gasteiger charge is 2.18. The molecule has 0 bridgehead atoms. The first kappa shape index (κ1) is 12.7. The number of nitrogens with zero attached hydrogens (tertiary/aromatic N) is 1. The number of hydrogen-bond acceptors (Lipinski definition) is 5. The predicted octanol–water partition coefficient (Wildman–Crippen LogP) is 3.88. The van der Waals surface area contributed by atoms with Gasteiger partial charge in [-0.2, -0.15) is 0 Å². The molecule has 0 saturated carbocycles. The maximum atomic E-state index is 11.0. The molecule has 3 rings (SSSR count). The molecule has 1 heterocycles. The van der Waals surface area contributed by atoms with Crippen molar-refractivity contribution < 1.29 is 19.1 Å². The molecule has 0 atom stereocenters. The van der Waals surface area contributed by atoms with Gasteiger partial charge in [0.15, 0.2) is 11.5 Å². The summed E-state index contributed by atoms with van der Waals surface area (Å²) in [6.07, 6.45) is 0. The molecule has 0 aliphatic carbocycles. The largest absolute Gasteiger partial charge is 0.454 e. The summed E-state index contributed by atoms with van der Waals surface area (Å²) in [5, 5.41) is 11.0. The molecule has 20 heavy (non-hydrogen) atoms. The SMILES string of the molecule is O=[N+]([O-])c1cc(Br)ccc1Oc1ccc2c(c1)OCO2. The summed E-state index contributed by atoms with van der Waals surface area (Å²) >= 11 is 3.19. The fraction of sp³-hybridized carbons (Fsp3) is 0.0769. The van der Waals surface area contributed by atoms with E-state index in [2.05, 4.69) is 15.9 Å². The molecule has 0 fully saturated rings. The lowest BCUT2D eigenvalue weighted by Crippen LogP contribution is -1.93. The molecule has 0 amide bonds. The van der Waals surface area contributed by atoms with E-state index in [1.54, 1.807) is 24.3 Å². The molecular weight excluding hydrogens is 330 g/mol. The van der Waals surface area contributed by atoms with Crippen molar-refractivity contribution in [3.05, 3.63) is 51.0 Å². The molecule has 2 aromatic carbocycles.